The van der Waals surface area contributed by atoms with Gasteiger partial charge in [0.2, 0.25) is 11.0 Å². The van der Waals surface area contributed by atoms with Crippen LogP contribution in [0, 0.1) is 0 Å². The van der Waals surface area contributed by atoms with Crippen LogP contribution in [0.4, 0.5) is 5.13 Å². The molecular weight excluding hydrogens is 330 g/mol. The molecule has 98 valence electrons. The van der Waals surface area contributed by atoms with Gasteiger partial charge in [-0.1, -0.05) is 39.4 Å². The average molecular weight is 340 g/mol. The van der Waals surface area contributed by atoms with E-state index in [2.05, 4.69) is 36.7 Å². The molecule has 0 aliphatic carbocycles. The van der Waals surface area contributed by atoms with Crippen LogP contribution in [0.1, 0.15) is 10.6 Å². The van der Waals surface area contributed by atoms with Gasteiger partial charge in [-0.25, -0.2) is 5.43 Å². The molecule has 1 amide bonds. The highest BCUT2D eigenvalue weighted by Crippen LogP contribution is 2.11. The Labute approximate surface area is 121 Å². The molecule has 0 fully saturated rings. The first-order valence-electron chi connectivity index (χ1n) is 5.29. The first-order chi connectivity index (χ1) is 9.13. The van der Waals surface area contributed by atoms with Crippen LogP contribution in [-0.2, 0) is 11.2 Å². The summed E-state index contributed by atoms with van der Waals surface area (Å²) in [7, 11) is 0. The summed E-state index contributed by atoms with van der Waals surface area (Å²) in [4.78, 5) is 11.5. The van der Waals surface area contributed by atoms with E-state index in [9.17, 15) is 4.79 Å². The van der Waals surface area contributed by atoms with Gasteiger partial charge in [0, 0.05) is 4.47 Å². The van der Waals surface area contributed by atoms with Crippen LogP contribution in [0.3, 0.4) is 0 Å². The van der Waals surface area contributed by atoms with E-state index in [1.807, 2.05) is 24.3 Å². The van der Waals surface area contributed by atoms with Crippen LogP contribution >= 0.6 is 27.3 Å². The fraction of sp³-hybridized carbons (Fsp3) is 0.0909. The summed E-state index contributed by atoms with van der Waals surface area (Å²) in [6, 6.07) is 7.55. The highest BCUT2D eigenvalue weighted by Gasteiger charge is 2.06. The van der Waals surface area contributed by atoms with Crippen molar-refractivity contribution in [3.63, 3.8) is 0 Å². The van der Waals surface area contributed by atoms with Gasteiger partial charge in [-0.15, -0.1) is 10.2 Å². The lowest BCUT2D eigenvalue weighted by Crippen LogP contribution is -2.19. The molecule has 8 heteroatoms. The summed E-state index contributed by atoms with van der Waals surface area (Å²) in [6.45, 7) is 0. The van der Waals surface area contributed by atoms with Crippen LogP contribution in [0.5, 0.6) is 0 Å². The van der Waals surface area contributed by atoms with E-state index in [0.717, 1.165) is 10.0 Å². The van der Waals surface area contributed by atoms with Gasteiger partial charge in [0.1, 0.15) is 5.01 Å². The standard InChI is InChI=1S/C11H10BrN5OS/c12-8-3-1-7(2-4-8)6-14-15-9(18)5-10-16-17-11(13)19-10/h1-4,6H,5H2,(H2,13,17)(H,15,18)/b14-6-. The number of hydrazone groups is 1. The van der Waals surface area contributed by atoms with E-state index < -0.39 is 0 Å². The maximum absolute atomic E-state index is 11.5. The molecule has 0 radical (unpaired) electrons. The summed E-state index contributed by atoms with van der Waals surface area (Å²) in [6.07, 6.45) is 1.69. The Morgan fingerprint density at radius 2 is 2.16 bits per heavy atom. The van der Waals surface area contributed by atoms with Crippen molar-refractivity contribution in [1.29, 1.82) is 0 Å². The number of aromatic nitrogens is 2. The zero-order valence-corrected chi connectivity index (χ0v) is 12.1. The molecule has 2 rings (SSSR count). The molecule has 0 bridgehead atoms. The molecule has 0 atom stereocenters. The fourth-order valence-corrected chi connectivity index (χ4v) is 2.11. The van der Waals surface area contributed by atoms with Crippen molar-refractivity contribution < 1.29 is 4.79 Å². The zero-order chi connectivity index (χ0) is 13.7. The molecule has 1 heterocycles. The largest absolute Gasteiger partial charge is 0.374 e. The number of benzene rings is 1. The second-order valence-corrected chi connectivity index (χ2v) is 5.56. The first kappa shape index (κ1) is 13.6. The van der Waals surface area contributed by atoms with Gasteiger partial charge in [0.25, 0.3) is 0 Å². The van der Waals surface area contributed by atoms with Gasteiger partial charge in [-0.3, -0.25) is 4.79 Å². The third-order valence-electron chi connectivity index (χ3n) is 2.07. The van der Waals surface area contributed by atoms with Gasteiger partial charge in [0.05, 0.1) is 12.6 Å². The topological polar surface area (TPSA) is 93.3 Å². The van der Waals surface area contributed by atoms with Crippen LogP contribution in [0.25, 0.3) is 0 Å². The van der Waals surface area contributed by atoms with Crippen molar-refractivity contribution in [3.05, 3.63) is 39.3 Å². The number of nitrogens with one attached hydrogen (secondary N) is 1. The molecular formula is C11H10BrN5OS. The SMILES string of the molecule is Nc1nnc(CC(=O)N/N=C\c2ccc(Br)cc2)s1. The van der Waals surface area contributed by atoms with E-state index >= 15 is 0 Å². The average Bonchev–Trinajstić information content (AvgIpc) is 2.77. The minimum absolute atomic E-state index is 0.118. The maximum atomic E-state index is 11.5. The number of halogens is 1. The van der Waals surface area contributed by atoms with Crippen LogP contribution < -0.4 is 11.2 Å². The lowest BCUT2D eigenvalue weighted by Gasteiger charge is -1.96. The summed E-state index contributed by atoms with van der Waals surface area (Å²) in [5.41, 5.74) is 8.74. The third-order valence-corrected chi connectivity index (χ3v) is 3.35. The van der Waals surface area contributed by atoms with E-state index in [-0.39, 0.29) is 12.3 Å². The maximum Gasteiger partial charge on any atom is 0.247 e. The molecule has 0 saturated carbocycles. The molecule has 0 spiro atoms. The number of hydrogen-bond acceptors (Lipinski definition) is 6. The lowest BCUT2D eigenvalue weighted by molar-refractivity contribution is -0.120. The Morgan fingerprint density at radius 3 is 2.79 bits per heavy atom. The Kier molecular flexibility index (Phi) is 4.58. The van der Waals surface area contributed by atoms with Crippen molar-refractivity contribution in [2.75, 3.05) is 5.73 Å². The predicted molar refractivity (Wildman–Crippen MR) is 77.9 cm³/mol. The molecule has 1 aromatic heterocycles. The molecule has 0 aliphatic rings. The number of nitrogens with two attached hydrogens (primary N) is 1. The molecule has 3 N–H and O–H groups in total. The molecule has 0 aliphatic heterocycles. The second kappa shape index (κ2) is 6.39. The van der Waals surface area contributed by atoms with Gasteiger partial charge in [-0.2, -0.15) is 5.10 Å². The molecule has 1 aromatic carbocycles. The zero-order valence-electron chi connectivity index (χ0n) is 9.71. The minimum Gasteiger partial charge on any atom is -0.374 e. The van der Waals surface area contributed by atoms with Crippen LogP contribution in [0.15, 0.2) is 33.8 Å². The van der Waals surface area contributed by atoms with Gasteiger partial charge in [0.15, 0.2) is 0 Å². The minimum atomic E-state index is -0.260. The molecule has 6 nitrogen and oxygen atoms in total. The number of hydrogen-bond donors (Lipinski definition) is 2. The summed E-state index contributed by atoms with van der Waals surface area (Å²) in [5, 5.41) is 12.2. The summed E-state index contributed by atoms with van der Waals surface area (Å²) in [5.74, 6) is -0.260. The summed E-state index contributed by atoms with van der Waals surface area (Å²) < 4.78 is 0.988. The third kappa shape index (κ3) is 4.42. The molecule has 0 saturated heterocycles. The Morgan fingerprint density at radius 1 is 1.42 bits per heavy atom. The Bertz CT molecular complexity index is 595. The van der Waals surface area contributed by atoms with Crippen molar-refractivity contribution in [2.45, 2.75) is 6.42 Å². The van der Waals surface area contributed by atoms with Crippen LogP contribution in [-0.4, -0.2) is 22.3 Å². The monoisotopic (exact) mass is 339 g/mol. The Hall–Kier alpha value is -1.80. The van der Waals surface area contributed by atoms with Crippen LogP contribution in [0.2, 0.25) is 0 Å². The molecule has 19 heavy (non-hydrogen) atoms. The van der Waals surface area contributed by atoms with E-state index in [1.54, 1.807) is 6.21 Å². The second-order valence-electron chi connectivity index (χ2n) is 3.56. The number of nitrogens with zero attached hydrogens (tertiary/aromatic N) is 3. The number of carbonyl (C=O) groups is 1. The summed E-state index contributed by atoms with van der Waals surface area (Å²) >= 11 is 4.52. The number of carbonyl (C=O) groups excluding carboxylic acids is 1. The number of nitrogen functional groups attached to an aromatic ring is 1. The molecule has 2 aromatic rings. The number of amides is 1. The highest BCUT2D eigenvalue weighted by atomic mass is 79.9. The van der Waals surface area contributed by atoms with Gasteiger partial charge in [-0.05, 0) is 17.7 Å². The van der Waals surface area contributed by atoms with Crippen molar-refractivity contribution >= 4 is 44.5 Å². The van der Waals surface area contributed by atoms with Crippen molar-refractivity contribution in [1.82, 2.24) is 15.6 Å². The predicted octanol–water partition coefficient (Wildman–Crippen LogP) is 1.58. The van der Waals surface area contributed by atoms with E-state index in [0.29, 0.717) is 10.1 Å². The number of rotatable bonds is 4. The normalized spacial score (nSPS) is 10.8. The van der Waals surface area contributed by atoms with E-state index in [4.69, 9.17) is 5.73 Å². The first-order valence-corrected chi connectivity index (χ1v) is 6.90. The quantitative estimate of drug-likeness (QED) is 0.653. The highest BCUT2D eigenvalue weighted by molar-refractivity contribution is 9.10. The fourth-order valence-electron chi connectivity index (χ4n) is 1.24. The van der Waals surface area contributed by atoms with Crippen molar-refractivity contribution in [2.24, 2.45) is 5.10 Å². The lowest BCUT2D eigenvalue weighted by atomic mass is 10.2. The van der Waals surface area contributed by atoms with Gasteiger partial charge < -0.3 is 5.73 Å². The van der Waals surface area contributed by atoms with E-state index in [1.165, 1.54) is 11.3 Å². The van der Waals surface area contributed by atoms with Gasteiger partial charge >= 0.3 is 0 Å². The van der Waals surface area contributed by atoms with Crippen molar-refractivity contribution in [3.8, 4) is 0 Å². The smallest absolute Gasteiger partial charge is 0.247 e. The molecule has 0 unspecified atom stereocenters. The number of anilines is 1. The Balaban J connectivity index is 1.84.